The van der Waals surface area contributed by atoms with Gasteiger partial charge >= 0.3 is 0 Å². The van der Waals surface area contributed by atoms with Crippen molar-refractivity contribution in [1.82, 2.24) is 4.72 Å². The van der Waals surface area contributed by atoms with Crippen molar-refractivity contribution in [2.75, 3.05) is 0 Å². The lowest BCUT2D eigenvalue weighted by Gasteiger charge is -2.15. The molecule has 1 atom stereocenters. The summed E-state index contributed by atoms with van der Waals surface area (Å²) in [5.41, 5.74) is 0. The average Bonchev–Trinajstić information content (AvgIpc) is 2.27. The predicted molar refractivity (Wildman–Crippen MR) is 70.3 cm³/mol. The van der Waals surface area contributed by atoms with E-state index < -0.39 is 10.0 Å². The Kier molecular flexibility index (Phi) is 5.15. The summed E-state index contributed by atoms with van der Waals surface area (Å²) in [5, 5.41) is 0. The van der Waals surface area contributed by atoms with Crippen LogP contribution in [0.5, 0.6) is 0 Å². The van der Waals surface area contributed by atoms with Gasteiger partial charge in [0.1, 0.15) is 0 Å². The number of benzene rings is 1. The Morgan fingerprint density at radius 2 is 1.65 bits per heavy atom. The lowest BCUT2D eigenvalue weighted by Crippen LogP contribution is -2.32. The van der Waals surface area contributed by atoms with E-state index in [4.69, 9.17) is 0 Å². The van der Waals surface area contributed by atoms with Crippen LogP contribution >= 0.6 is 0 Å². The summed E-state index contributed by atoms with van der Waals surface area (Å²) >= 11 is 0. The molecule has 0 spiro atoms. The highest BCUT2D eigenvalue weighted by Crippen LogP contribution is 2.11. The van der Waals surface area contributed by atoms with Crippen LogP contribution in [0.3, 0.4) is 0 Å². The molecule has 4 heteroatoms. The molecule has 1 aromatic rings. The smallest absolute Gasteiger partial charge is 0.208 e. The van der Waals surface area contributed by atoms with Crippen molar-refractivity contribution in [2.45, 2.75) is 44.6 Å². The first-order chi connectivity index (χ1) is 7.92. The molecule has 3 nitrogen and oxygen atoms in total. The van der Waals surface area contributed by atoms with Gasteiger partial charge < -0.3 is 0 Å². The lowest BCUT2D eigenvalue weighted by atomic mass is 10.1. The Morgan fingerprint density at radius 1 is 1.06 bits per heavy atom. The van der Waals surface area contributed by atoms with E-state index in [1.54, 1.807) is 30.3 Å². The SMILES string of the molecule is CC(C)CC[C@H](C)NS(=O)(=O)c1ccccc1. The number of hydrogen-bond acceptors (Lipinski definition) is 2. The maximum atomic E-state index is 12.0. The molecule has 0 fully saturated rings. The quantitative estimate of drug-likeness (QED) is 0.849. The molecule has 1 aromatic carbocycles. The Morgan fingerprint density at radius 3 is 2.18 bits per heavy atom. The van der Waals surface area contributed by atoms with Gasteiger partial charge in [0.25, 0.3) is 0 Å². The fraction of sp³-hybridized carbons (Fsp3) is 0.538. The highest BCUT2D eigenvalue weighted by atomic mass is 32.2. The van der Waals surface area contributed by atoms with E-state index in [1.165, 1.54) is 0 Å². The van der Waals surface area contributed by atoms with E-state index in [1.807, 2.05) is 6.92 Å². The van der Waals surface area contributed by atoms with Crippen molar-refractivity contribution in [1.29, 1.82) is 0 Å². The number of nitrogens with one attached hydrogen (secondary N) is 1. The van der Waals surface area contributed by atoms with Gasteiger partial charge in [-0.15, -0.1) is 0 Å². The third-order valence-electron chi connectivity index (χ3n) is 2.59. The summed E-state index contributed by atoms with van der Waals surface area (Å²) in [6.07, 6.45) is 1.89. The van der Waals surface area contributed by atoms with Gasteiger partial charge in [0, 0.05) is 6.04 Å². The van der Waals surface area contributed by atoms with Gasteiger partial charge in [-0.1, -0.05) is 32.0 Å². The molecule has 1 N–H and O–H groups in total. The molecule has 0 amide bonds. The fourth-order valence-electron chi connectivity index (χ4n) is 1.57. The van der Waals surface area contributed by atoms with Gasteiger partial charge in [0.05, 0.1) is 4.90 Å². The van der Waals surface area contributed by atoms with Gasteiger partial charge in [-0.3, -0.25) is 0 Å². The van der Waals surface area contributed by atoms with E-state index in [9.17, 15) is 8.42 Å². The van der Waals surface area contributed by atoms with Crippen LogP contribution in [0.2, 0.25) is 0 Å². The van der Waals surface area contributed by atoms with Gasteiger partial charge in [-0.05, 0) is 37.8 Å². The minimum atomic E-state index is -3.36. The summed E-state index contributed by atoms with van der Waals surface area (Å²) in [7, 11) is -3.36. The zero-order valence-electron chi connectivity index (χ0n) is 10.7. The summed E-state index contributed by atoms with van der Waals surface area (Å²) in [6, 6.07) is 8.46. The first kappa shape index (κ1) is 14.2. The standard InChI is InChI=1S/C13H21NO2S/c1-11(2)9-10-12(3)14-17(15,16)13-7-5-4-6-8-13/h4-8,11-12,14H,9-10H2,1-3H3/t12-/m0/s1. The highest BCUT2D eigenvalue weighted by Gasteiger charge is 2.16. The summed E-state index contributed by atoms with van der Waals surface area (Å²) in [6.45, 7) is 6.18. The largest absolute Gasteiger partial charge is 0.240 e. The van der Waals surface area contributed by atoms with Crippen LogP contribution in [-0.4, -0.2) is 14.5 Å². The van der Waals surface area contributed by atoms with Crippen LogP contribution in [0.4, 0.5) is 0 Å². The van der Waals surface area contributed by atoms with Gasteiger partial charge in [-0.25, -0.2) is 13.1 Å². The molecule has 0 heterocycles. The number of sulfonamides is 1. The Labute approximate surface area is 104 Å². The zero-order valence-corrected chi connectivity index (χ0v) is 11.5. The maximum absolute atomic E-state index is 12.0. The molecule has 0 saturated carbocycles. The molecule has 0 aliphatic rings. The molecule has 1 rings (SSSR count). The van der Waals surface area contributed by atoms with E-state index >= 15 is 0 Å². The van der Waals surface area contributed by atoms with Gasteiger partial charge in [0.15, 0.2) is 0 Å². The van der Waals surface area contributed by atoms with Crippen LogP contribution in [0.15, 0.2) is 35.2 Å². The van der Waals surface area contributed by atoms with Gasteiger partial charge in [-0.2, -0.15) is 0 Å². The lowest BCUT2D eigenvalue weighted by molar-refractivity contribution is 0.485. The third kappa shape index (κ3) is 4.88. The normalized spacial score (nSPS) is 13.9. The summed E-state index contributed by atoms with van der Waals surface area (Å²) in [5.74, 6) is 0.596. The van der Waals surface area contributed by atoms with Gasteiger partial charge in [0.2, 0.25) is 10.0 Å². The number of rotatable bonds is 6. The second-order valence-corrected chi connectivity index (χ2v) is 6.52. The Hall–Kier alpha value is -0.870. The number of hydrogen-bond donors (Lipinski definition) is 1. The molecule has 0 saturated heterocycles. The van der Waals surface area contributed by atoms with Crippen LogP contribution in [-0.2, 0) is 10.0 Å². The maximum Gasteiger partial charge on any atom is 0.240 e. The molecule has 0 radical (unpaired) electrons. The Balaban J connectivity index is 2.62. The van der Waals surface area contributed by atoms with Crippen LogP contribution < -0.4 is 4.72 Å². The minimum Gasteiger partial charge on any atom is -0.208 e. The minimum absolute atomic E-state index is 0.0254. The average molecular weight is 255 g/mol. The Bertz CT molecular complexity index is 426. The van der Waals surface area contributed by atoms with Crippen LogP contribution in [0.1, 0.15) is 33.6 Å². The predicted octanol–water partition coefficient (Wildman–Crippen LogP) is 2.79. The highest BCUT2D eigenvalue weighted by molar-refractivity contribution is 7.89. The molecular weight excluding hydrogens is 234 g/mol. The molecule has 0 unspecified atom stereocenters. The molecule has 0 aliphatic heterocycles. The summed E-state index contributed by atoms with van der Waals surface area (Å²) < 4.78 is 26.7. The van der Waals surface area contributed by atoms with Crippen LogP contribution in [0.25, 0.3) is 0 Å². The van der Waals surface area contributed by atoms with Crippen molar-refractivity contribution < 1.29 is 8.42 Å². The van der Waals surface area contributed by atoms with Crippen molar-refractivity contribution in [2.24, 2.45) is 5.92 Å². The van der Waals surface area contributed by atoms with E-state index in [-0.39, 0.29) is 6.04 Å². The first-order valence-electron chi connectivity index (χ1n) is 5.99. The van der Waals surface area contributed by atoms with Crippen LogP contribution in [0, 0.1) is 5.92 Å². The molecule has 17 heavy (non-hydrogen) atoms. The van der Waals surface area contributed by atoms with Crippen molar-refractivity contribution in [3.8, 4) is 0 Å². The first-order valence-corrected chi connectivity index (χ1v) is 7.47. The van der Waals surface area contributed by atoms with E-state index in [0.29, 0.717) is 10.8 Å². The second kappa shape index (κ2) is 6.17. The molecule has 0 aliphatic carbocycles. The van der Waals surface area contributed by atoms with Crippen molar-refractivity contribution in [3.05, 3.63) is 30.3 Å². The molecule has 0 bridgehead atoms. The summed E-state index contributed by atoms with van der Waals surface area (Å²) in [4.78, 5) is 0.330. The van der Waals surface area contributed by atoms with Crippen molar-refractivity contribution in [3.63, 3.8) is 0 Å². The monoisotopic (exact) mass is 255 g/mol. The zero-order chi connectivity index (χ0) is 12.9. The molecule has 0 aromatic heterocycles. The molecular formula is C13H21NO2S. The van der Waals surface area contributed by atoms with E-state index in [0.717, 1.165) is 12.8 Å². The van der Waals surface area contributed by atoms with E-state index in [2.05, 4.69) is 18.6 Å². The second-order valence-electron chi connectivity index (χ2n) is 4.81. The van der Waals surface area contributed by atoms with Crippen molar-refractivity contribution >= 4 is 10.0 Å². The fourth-order valence-corrected chi connectivity index (χ4v) is 2.87. The topological polar surface area (TPSA) is 46.2 Å². The third-order valence-corrected chi connectivity index (χ3v) is 4.19. The molecule has 96 valence electrons.